The summed E-state index contributed by atoms with van der Waals surface area (Å²) in [6.45, 7) is 2.20. The number of pyridine rings is 1. The van der Waals surface area contributed by atoms with E-state index in [9.17, 15) is 0 Å². The van der Waals surface area contributed by atoms with Gasteiger partial charge in [0.05, 0.1) is 5.52 Å². The number of fused-ring (bicyclic) bond motifs is 2. The standard InChI is InChI=1S/C15H18N2O/c18-10-4-9-17-8-3-6-13-11-12-5-1-2-7-14(12)16-15(13)17/h1-2,5,7,11,18H,3-4,6,8-10H2. The third-order valence-corrected chi connectivity index (χ3v) is 3.54. The first-order valence-electron chi connectivity index (χ1n) is 6.63. The molecule has 1 aliphatic heterocycles. The Hall–Kier alpha value is -1.61. The molecule has 2 aromatic rings. The molecule has 0 unspecified atom stereocenters. The van der Waals surface area contributed by atoms with Gasteiger partial charge >= 0.3 is 0 Å². The van der Waals surface area contributed by atoms with E-state index >= 15 is 0 Å². The van der Waals surface area contributed by atoms with Gasteiger partial charge < -0.3 is 10.0 Å². The quantitative estimate of drug-likeness (QED) is 0.897. The van der Waals surface area contributed by atoms with Crippen LogP contribution >= 0.6 is 0 Å². The number of aliphatic hydroxyl groups is 1. The Labute approximate surface area is 107 Å². The second kappa shape index (κ2) is 4.94. The fourth-order valence-electron chi connectivity index (χ4n) is 2.65. The van der Waals surface area contributed by atoms with Crippen molar-refractivity contribution in [3.8, 4) is 0 Å². The summed E-state index contributed by atoms with van der Waals surface area (Å²) < 4.78 is 0. The lowest BCUT2D eigenvalue weighted by molar-refractivity contribution is 0.289. The van der Waals surface area contributed by atoms with Gasteiger partial charge in [-0.1, -0.05) is 18.2 Å². The highest BCUT2D eigenvalue weighted by Crippen LogP contribution is 2.28. The third-order valence-electron chi connectivity index (χ3n) is 3.54. The summed E-state index contributed by atoms with van der Waals surface area (Å²) in [5, 5.41) is 10.2. The molecule has 94 valence electrons. The molecule has 18 heavy (non-hydrogen) atoms. The summed E-state index contributed by atoms with van der Waals surface area (Å²) in [6, 6.07) is 10.5. The molecule has 0 saturated heterocycles. The van der Waals surface area contributed by atoms with Gasteiger partial charge in [0.1, 0.15) is 5.82 Å². The molecule has 1 N–H and O–H groups in total. The van der Waals surface area contributed by atoms with Crippen LogP contribution in [0.5, 0.6) is 0 Å². The van der Waals surface area contributed by atoms with Crippen LogP contribution in [0.15, 0.2) is 30.3 Å². The van der Waals surface area contributed by atoms with Crippen LogP contribution in [0.25, 0.3) is 10.9 Å². The third kappa shape index (κ3) is 2.06. The zero-order valence-corrected chi connectivity index (χ0v) is 10.5. The Morgan fingerprint density at radius 2 is 2.17 bits per heavy atom. The fourth-order valence-corrected chi connectivity index (χ4v) is 2.65. The zero-order valence-electron chi connectivity index (χ0n) is 10.5. The van der Waals surface area contributed by atoms with Crippen LogP contribution in [-0.4, -0.2) is 29.8 Å². The summed E-state index contributed by atoms with van der Waals surface area (Å²) >= 11 is 0. The Morgan fingerprint density at radius 1 is 1.28 bits per heavy atom. The normalized spacial score (nSPS) is 14.8. The Balaban J connectivity index is 2.02. The SMILES string of the molecule is OCCCN1CCCc2cc3ccccc3nc21. The zero-order chi connectivity index (χ0) is 12.4. The number of hydrogen-bond acceptors (Lipinski definition) is 3. The van der Waals surface area contributed by atoms with E-state index < -0.39 is 0 Å². The molecule has 0 atom stereocenters. The molecule has 1 aromatic carbocycles. The van der Waals surface area contributed by atoms with Gasteiger partial charge in [-0.2, -0.15) is 0 Å². The molecule has 0 amide bonds. The lowest BCUT2D eigenvalue weighted by Gasteiger charge is -2.30. The number of anilines is 1. The number of hydrogen-bond donors (Lipinski definition) is 1. The number of aromatic nitrogens is 1. The topological polar surface area (TPSA) is 36.4 Å². The van der Waals surface area contributed by atoms with Gasteiger partial charge in [0.25, 0.3) is 0 Å². The van der Waals surface area contributed by atoms with Crippen LogP contribution in [0, 0.1) is 0 Å². The lowest BCUT2D eigenvalue weighted by Crippen LogP contribution is -2.31. The monoisotopic (exact) mass is 242 g/mol. The minimum atomic E-state index is 0.249. The highest BCUT2D eigenvalue weighted by Gasteiger charge is 2.18. The average molecular weight is 242 g/mol. The highest BCUT2D eigenvalue weighted by atomic mass is 16.3. The van der Waals surface area contributed by atoms with Gasteiger partial charge in [0.15, 0.2) is 0 Å². The molecular formula is C15H18N2O. The van der Waals surface area contributed by atoms with Gasteiger partial charge in [0.2, 0.25) is 0 Å². The van der Waals surface area contributed by atoms with Crippen molar-refractivity contribution in [2.24, 2.45) is 0 Å². The van der Waals surface area contributed by atoms with Crippen LogP contribution < -0.4 is 4.90 Å². The van der Waals surface area contributed by atoms with E-state index in [1.165, 1.54) is 17.4 Å². The Kier molecular flexibility index (Phi) is 3.15. The van der Waals surface area contributed by atoms with Crippen molar-refractivity contribution in [1.29, 1.82) is 0 Å². The summed E-state index contributed by atoms with van der Waals surface area (Å²) in [7, 11) is 0. The maximum Gasteiger partial charge on any atom is 0.132 e. The van der Waals surface area contributed by atoms with Crippen LogP contribution in [-0.2, 0) is 6.42 Å². The molecule has 0 aliphatic carbocycles. The summed E-state index contributed by atoms with van der Waals surface area (Å²) in [6.07, 6.45) is 3.11. The number of aliphatic hydroxyl groups excluding tert-OH is 1. The van der Waals surface area contributed by atoms with Crippen molar-refractivity contribution >= 4 is 16.7 Å². The van der Waals surface area contributed by atoms with Gasteiger partial charge in [-0.25, -0.2) is 4.98 Å². The van der Waals surface area contributed by atoms with Gasteiger partial charge in [-0.05, 0) is 37.0 Å². The molecular weight excluding hydrogens is 224 g/mol. The largest absolute Gasteiger partial charge is 0.396 e. The van der Waals surface area contributed by atoms with Crippen LogP contribution in [0.2, 0.25) is 0 Å². The van der Waals surface area contributed by atoms with Crippen LogP contribution in [0.3, 0.4) is 0 Å². The first-order chi connectivity index (χ1) is 8.88. The van der Waals surface area contributed by atoms with Crippen molar-refractivity contribution in [2.75, 3.05) is 24.6 Å². The van der Waals surface area contributed by atoms with E-state index in [1.807, 2.05) is 6.07 Å². The van der Waals surface area contributed by atoms with E-state index in [4.69, 9.17) is 10.1 Å². The van der Waals surface area contributed by atoms with Crippen LogP contribution in [0.1, 0.15) is 18.4 Å². The number of aryl methyl sites for hydroxylation is 1. The van der Waals surface area contributed by atoms with Gasteiger partial charge in [0, 0.05) is 25.1 Å². The summed E-state index contributed by atoms with van der Waals surface area (Å²) in [5.74, 6) is 1.12. The fraction of sp³-hybridized carbons (Fsp3) is 0.400. The maximum absolute atomic E-state index is 8.97. The van der Waals surface area contributed by atoms with Gasteiger partial charge in [-0.3, -0.25) is 0 Å². The second-order valence-electron chi connectivity index (χ2n) is 4.83. The van der Waals surface area contributed by atoms with Crippen LogP contribution in [0.4, 0.5) is 5.82 Å². The first-order valence-corrected chi connectivity index (χ1v) is 6.63. The van der Waals surface area contributed by atoms with E-state index in [0.29, 0.717) is 0 Å². The summed E-state index contributed by atoms with van der Waals surface area (Å²) in [5.41, 5.74) is 2.41. The summed E-state index contributed by atoms with van der Waals surface area (Å²) in [4.78, 5) is 7.10. The van der Waals surface area contributed by atoms with Crippen molar-refractivity contribution in [2.45, 2.75) is 19.3 Å². The average Bonchev–Trinajstić information content (AvgIpc) is 2.43. The Morgan fingerprint density at radius 3 is 3.06 bits per heavy atom. The molecule has 0 radical (unpaired) electrons. The van der Waals surface area contributed by atoms with E-state index in [0.717, 1.165) is 37.3 Å². The Bertz CT molecular complexity index is 553. The van der Waals surface area contributed by atoms with Crippen molar-refractivity contribution in [3.05, 3.63) is 35.9 Å². The van der Waals surface area contributed by atoms with Crippen molar-refractivity contribution in [3.63, 3.8) is 0 Å². The molecule has 3 rings (SSSR count). The second-order valence-corrected chi connectivity index (χ2v) is 4.83. The van der Waals surface area contributed by atoms with Crippen molar-refractivity contribution < 1.29 is 5.11 Å². The predicted octanol–water partition coefficient (Wildman–Crippen LogP) is 2.37. The molecule has 1 aliphatic rings. The smallest absolute Gasteiger partial charge is 0.132 e. The molecule has 0 bridgehead atoms. The molecule has 1 aromatic heterocycles. The number of para-hydroxylation sites is 1. The molecule has 2 heterocycles. The molecule has 0 fully saturated rings. The highest BCUT2D eigenvalue weighted by molar-refractivity contribution is 5.82. The maximum atomic E-state index is 8.97. The van der Waals surface area contributed by atoms with E-state index in [2.05, 4.69) is 29.2 Å². The number of benzene rings is 1. The predicted molar refractivity (Wildman–Crippen MR) is 74.0 cm³/mol. The van der Waals surface area contributed by atoms with E-state index in [1.54, 1.807) is 0 Å². The van der Waals surface area contributed by atoms with Gasteiger partial charge in [-0.15, -0.1) is 0 Å². The number of rotatable bonds is 3. The van der Waals surface area contributed by atoms with E-state index in [-0.39, 0.29) is 6.61 Å². The first kappa shape index (κ1) is 11.5. The minimum absolute atomic E-state index is 0.249. The van der Waals surface area contributed by atoms with Crippen molar-refractivity contribution in [1.82, 2.24) is 4.98 Å². The molecule has 0 saturated carbocycles. The molecule has 0 spiro atoms. The lowest BCUT2D eigenvalue weighted by atomic mass is 10.0. The molecule has 3 nitrogen and oxygen atoms in total. The number of nitrogens with zero attached hydrogens (tertiary/aromatic N) is 2. The minimum Gasteiger partial charge on any atom is -0.396 e. The molecule has 3 heteroatoms.